The molecule has 0 unspecified atom stereocenters. The Labute approximate surface area is 194 Å². The normalized spacial score (nSPS) is 15.0. The highest BCUT2D eigenvalue weighted by atomic mass is 79.9. The highest BCUT2D eigenvalue weighted by molar-refractivity contribution is 9.10. The minimum absolute atomic E-state index is 0.00618. The van der Waals surface area contributed by atoms with Gasteiger partial charge in [-0.2, -0.15) is 0 Å². The van der Waals surface area contributed by atoms with E-state index >= 15 is 0 Å². The topological polar surface area (TPSA) is 50.8 Å². The van der Waals surface area contributed by atoms with E-state index in [1.807, 2.05) is 18.2 Å². The van der Waals surface area contributed by atoms with Gasteiger partial charge in [-0.15, -0.1) is 0 Å². The molecule has 1 fully saturated rings. The minimum atomic E-state index is 0.00618. The van der Waals surface area contributed by atoms with Crippen molar-refractivity contribution in [2.45, 2.75) is 45.6 Å². The van der Waals surface area contributed by atoms with Crippen molar-refractivity contribution in [3.63, 3.8) is 0 Å². The summed E-state index contributed by atoms with van der Waals surface area (Å²) in [5, 5.41) is 2.97. The average Bonchev–Trinajstić information content (AvgIpc) is 2.73. The molecule has 168 valence electrons. The lowest BCUT2D eigenvalue weighted by molar-refractivity contribution is -0.116. The highest BCUT2D eigenvalue weighted by Crippen LogP contribution is 2.31. The quantitative estimate of drug-likeness (QED) is 0.507. The lowest BCUT2D eigenvalue weighted by Gasteiger charge is -2.26. The summed E-state index contributed by atoms with van der Waals surface area (Å²) < 4.78 is 12.2. The standard InChI is InChI=1S/C25H33BrN2O3/c1-25(2,3)20-8-11-23(22(26)17-20)31-14-4-5-24(29)27-21-9-6-19(7-10-21)18-28-12-15-30-16-13-28/h6-11,17H,4-5,12-16,18H2,1-3H3,(H,27,29). The predicted molar refractivity (Wildman–Crippen MR) is 129 cm³/mol. The Hall–Kier alpha value is -1.89. The van der Waals surface area contributed by atoms with Gasteiger partial charge in [-0.1, -0.05) is 39.0 Å². The van der Waals surface area contributed by atoms with Crippen LogP contribution in [0, 0.1) is 0 Å². The van der Waals surface area contributed by atoms with Gasteiger partial charge in [0.15, 0.2) is 0 Å². The van der Waals surface area contributed by atoms with Crippen LogP contribution in [0.4, 0.5) is 5.69 Å². The lowest BCUT2D eigenvalue weighted by Crippen LogP contribution is -2.35. The highest BCUT2D eigenvalue weighted by Gasteiger charge is 2.15. The van der Waals surface area contributed by atoms with E-state index in [0.29, 0.717) is 19.4 Å². The number of morpholine rings is 1. The zero-order valence-electron chi connectivity index (χ0n) is 18.7. The van der Waals surface area contributed by atoms with Gasteiger partial charge in [0.1, 0.15) is 5.75 Å². The number of amides is 1. The van der Waals surface area contributed by atoms with Gasteiger partial charge in [0.05, 0.1) is 24.3 Å². The number of rotatable bonds is 8. The van der Waals surface area contributed by atoms with Crippen LogP contribution in [0.5, 0.6) is 5.75 Å². The molecule has 1 aliphatic heterocycles. The molecule has 0 bridgehead atoms. The van der Waals surface area contributed by atoms with Crippen molar-refractivity contribution in [1.82, 2.24) is 4.90 Å². The number of nitrogens with zero attached hydrogens (tertiary/aromatic N) is 1. The zero-order valence-corrected chi connectivity index (χ0v) is 20.3. The fourth-order valence-corrected chi connectivity index (χ4v) is 3.93. The first kappa shape index (κ1) is 23.8. The zero-order chi connectivity index (χ0) is 22.3. The van der Waals surface area contributed by atoms with Gasteiger partial charge in [-0.3, -0.25) is 9.69 Å². The molecule has 3 rings (SSSR count). The molecule has 1 aliphatic rings. The number of hydrogen-bond donors (Lipinski definition) is 1. The van der Waals surface area contributed by atoms with Crippen molar-refractivity contribution < 1.29 is 14.3 Å². The van der Waals surface area contributed by atoms with E-state index in [9.17, 15) is 4.79 Å². The van der Waals surface area contributed by atoms with Crippen LogP contribution in [-0.4, -0.2) is 43.7 Å². The van der Waals surface area contributed by atoms with Gasteiger partial charge < -0.3 is 14.8 Å². The predicted octanol–water partition coefficient (Wildman–Crippen LogP) is 5.38. The molecule has 2 aromatic rings. The van der Waals surface area contributed by atoms with Crippen LogP contribution in [0.1, 0.15) is 44.7 Å². The number of anilines is 1. The maximum absolute atomic E-state index is 12.2. The van der Waals surface area contributed by atoms with Crippen LogP contribution in [0.3, 0.4) is 0 Å². The second-order valence-corrected chi connectivity index (χ2v) is 9.84. The fraction of sp³-hybridized carbons (Fsp3) is 0.480. The van der Waals surface area contributed by atoms with Gasteiger partial charge in [-0.05, 0) is 63.2 Å². The van der Waals surface area contributed by atoms with E-state index in [1.54, 1.807) is 0 Å². The Balaban J connectivity index is 1.38. The van der Waals surface area contributed by atoms with Crippen molar-refractivity contribution in [3.05, 3.63) is 58.1 Å². The third kappa shape index (κ3) is 7.63. The lowest BCUT2D eigenvalue weighted by atomic mass is 9.87. The number of nitrogens with one attached hydrogen (secondary N) is 1. The first-order chi connectivity index (χ1) is 14.8. The van der Waals surface area contributed by atoms with Crippen molar-refractivity contribution in [2.24, 2.45) is 0 Å². The van der Waals surface area contributed by atoms with Crippen LogP contribution in [0.25, 0.3) is 0 Å². The third-order valence-electron chi connectivity index (χ3n) is 5.35. The second kappa shape index (κ2) is 11.1. The monoisotopic (exact) mass is 488 g/mol. The number of benzene rings is 2. The molecule has 1 heterocycles. The molecule has 0 spiro atoms. The smallest absolute Gasteiger partial charge is 0.224 e. The fourth-order valence-electron chi connectivity index (χ4n) is 3.43. The molecular formula is C25H33BrN2O3. The van der Waals surface area contributed by atoms with E-state index < -0.39 is 0 Å². The molecule has 0 saturated carbocycles. The first-order valence-corrected chi connectivity index (χ1v) is 11.7. The van der Waals surface area contributed by atoms with Gasteiger partial charge in [0.2, 0.25) is 5.91 Å². The molecule has 0 atom stereocenters. The number of hydrogen-bond acceptors (Lipinski definition) is 4. The maximum atomic E-state index is 12.2. The Morgan fingerprint density at radius 1 is 1.13 bits per heavy atom. The van der Waals surface area contributed by atoms with Crippen LogP contribution in [0.15, 0.2) is 46.9 Å². The van der Waals surface area contributed by atoms with E-state index in [4.69, 9.17) is 9.47 Å². The maximum Gasteiger partial charge on any atom is 0.224 e. The summed E-state index contributed by atoms with van der Waals surface area (Å²) >= 11 is 3.59. The Bertz CT molecular complexity index is 856. The number of ether oxygens (including phenoxy) is 2. The molecular weight excluding hydrogens is 456 g/mol. The van der Waals surface area contributed by atoms with Crippen LogP contribution in [0.2, 0.25) is 0 Å². The van der Waals surface area contributed by atoms with E-state index in [2.05, 4.69) is 71.2 Å². The second-order valence-electron chi connectivity index (χ2n) is 8.98. The molecule has 2 aromatic carbocycles. The summed E-state index contributed by atoms with van der Waals surface area (Å²) in [5.74, 6) is 0.816. The van der Waals surface area contributed by atoms with Gasteiger partial charge >= 0.3 is 0 Å². The largest absolute Gasteiger partial charge is 0.492 e. The number of halogens is 1. The molecule has 6 heteroatoms. The number of carbonyl (C=O) groups is 1. The van der Waals surface area contributed by atoms with E-state index in [1.165, 1.54) is 11.1 Å². The molecule has 5 nitrogen and oxygen atoms in total. The first-order valence-electron chi connectivity index (χ1n) is 10.9. The molecule has 1 saturated heterocycles. The summed E-state index contributed by atoms with van der Waals surface area (Å²) in [5.41, 5.74) is 3.43. The third-order valence-corrected chi connectivity index (χ3v) is 5.97. The van der Waals surface area contributed by atoms with Gasteiger partial charge in [-0.25, -0.2) is 0 Å². The minimum Gasteiger partial charge on any atom is -0.492 e. The molecule has 0 aromatic heterocycles. The number of carbonyl (C=O) groups excluding carboxylic acids is 1. The van der Waals surface area contributed by atoms with Crippen LogP contribution < -0.4 is 10.1 Å². The van der Waals surface area contributed by atoms with Crippen molar-refractivity contribution in [3.8, 4) is 5.75 Å². The molecule has 1 N–H and O–H groups in total. The van der Waals surface area contributed by atoms with Crippen LogP contribution in [-0.2, 0) is 21.5 Å². The van der Waals surface area contributed by atoms with Crippen molar-refractivity contribution in [2.75, 3.05) is 38.2 Å². The van der Waals surface area contributed by atoms with E-state index in [0.717, 1.165) is 48.8 Å². The van der Waals surface area contributed by atoms with Gasteiger partial charge in [0, 0.05) is 31.7 Å². The molecule has 0 aliphatic carbocycles. The van der Waals surface area contributed by atoms with Crippen molar-refractivity contribution >= 4 is 27.5 Å². The molecule has 1 amide bonds. The molecule has 31 heavy (non-hydrogen) atoms. The van der Waals surface area contributed by atoms with Crippen LogP contribution >= 0.6 is 15.9 Å². The van der Waals surface area contributed by atoms with E-state index in [-0.39, 0.29) is 11.3 Å². The Morgan fingerprint density at radius 3 is 2.48 bits per heavy atom. The summed E-state index contributed by atoms with van der Waals surface area (Å²) in [7, 11) is 0. The van der Waals surface area contributed by atoms with Crippen molar-refractivity contribution in [1.29, 1.82) is 0 Å². The summed E-state index contributed by atoms with van der Waals surface area (Å²) in [4.78, 5) is 14.6. The van der Waals surface area contributed by atoms with Gasteiger partial charge in [0.25, 0.3) is 0 Å². The SMILES string of the molecule is CC(C)(C)c1ccc(OCCCC(=O)Nc2ccc(CN3CCOCC3)cc2)c(Br)c1. The summed E-state index contributed by atoms with van der Waals surface area (Å²) in [6, 6.07) is 14.3. The summed E-state index contributed by atoms with van der Waals surface area (Å²) in [6.45, 7) is 11.5. The average molecular weight is 489 g/mol. The summed E-state index contributed by atoms with van der Waals surface area (Å²) in [6.07, 6.45) is 1.08. The molecule has 0 radical (unpaired) electrons. The Morgan fingerprint density at radius 2 is 1.84 bits per heavy atom. The Kier molecular flexibility index (Phi) is 8.52.